The normalized spacial score (nSPS) is 9.56. The number of hydrogen-bond acceptors (Lipinski definition) is 5. The predicted molar refractivity (Wildman–Crippen MR) is 55.5 cm³/mol. The Hall–Kier alpha value is -1.91. The van der Waals surface area contributed by atoms with Crippen LogP contribution in [0.5, 0.6) is 0 Å². The lowest BCUT2D eigenvalue weighted by Crippen LogP contribution is -2.17. The van der Waals surface area contributed by atoms with E-state index >= 15 is 0 Å². The molecule has 1 heterocycles. The fraction of sp³-hybridized carbons (Fsp3) is 0.364. The Morgan fingerprint density at radius 2 is 2.12 bits per heavy atom. The van der Waals surface area contributed by atoms with Gasteiger partial charge in [0.1, 0.15) is 0 Å². The molecule has 0 fully saturated rings. The maximum Gasteiger partial charge on any atom is 0.344 e. The minimum atomic E-state index is -0.540. The van der Waals surface area contributed by atoms with Crippen LogP contribution in [0.1, 0.15) is 12.5 Å². The highest BCUT2D eigenvalue weighted by atomic mass is 16.6. The van der Waals surface area contributed by atoms with Gasteiger partial charge in [-0.3, -0.25) is 9.78 Å². The molecule has 1 aromatic rings. The molecule has 0 bridgehead atoms. The molecule has 0 saturated heterocycles. The average molecular weight is 223 g/mol. The number of rotatable bonds is 5. The number of nitrogens with zero attached hydrogens (tertiary/aromatic N) is 1. The van der Waals surface area contributed by atoms with Gasteiger partial charge in [0.25, 0.3) is 0 Å². The Balaban J connectivity index is 2.29. The van der Waals surface area contributed by atoms with Gasteiger partial charge in [-0.2, -0.15) is 0 Å². The average Bonchev–Trinajstić information content (AvgIpc) is 2.28. The van der Waals surface area contributed by atoms with E-state index in [1.807, 2.05) is 0 Å². The van der Waals surface area contributed by atoms with Gasteiger partial charge in [0.05, 0.1) is 13.0 Å². The standard InChI is InChI=1S/C11H13NO4/c1-2-15-11(14)8-16-10(13)6-9-4-3-5-12-7-9/h3-5,7H,2,6,8H2,1H3. The molecule has 0 spiro atoms. The summed E-state index contributed by atoms with van der Waals surface area (Å²) in [5.41, 5.74) is 0.747. The zero-order valence-corrected chi connectivity index (χ0v) is 9.01. The largest absolute Gasteiger partial charge is 0.463 e. The molecule has 86 valence electrons. The van der Waals surface area contributed by atoms with E-state index in [0.717, 1.165) is 5.56 Å². The molecule has 0 radical (unpaired) electrons. The Labute approximate surface area is 93.4 Å². The van der Waals surface area contributed by atoms with Gasteiger partial charge >= 0.3 is 11.9 Å². The Morgan fingerprint density at radius 3 is 2.75 bits per heavy atom. The fourth-order valence-electron chi connectivity index (χ4n) is 1.06. The third kappa shape index (κ3) is 4.54. The van der Waals surface area contributed by atoms with Gasteiger partial charge in [0.2, 0.25) is 0 Å². The van der Waals surface area contributed by atoms with Gasteiger partial charge < -0.3 is 9.47 Å². The van der Waals surface area contributed by atoms with Crippen molar-refractivity contribution in [2.45, 2.75) is 13.3 Å². The van der Waals surface area contributed by atoms with Crippen molar-refractivity contribution in [2.75, 3.05) is 13.2 Å². The lowest BCUT2D eigenvalue weighted by molar-refractivity contribution is -0.158. The predicted octanol–water partition coefficient (Wildman–Crippen LogP) is 0.730. The van der Waals surface area contributed by atoms with Crippen molar-refractivity contribution in [3.63, 3.8) is 0 Å². The van der Waals surface area contributed by atoms with E-state index in [1.165, 1.54) is 0 Å². The van der Waals surface area contributed by atoms with Gasteiger partial charge in [0.15, 0.2) is 6.61 Å². The van der Waals surface area contributed by atoms with Crippen LogP contribution in [0, 0.1) is 0 Å². The molecular formula is C11H13NO4. The lowest BCUT2D eigenvalue weighted by atomic mass is 10.2. The van der Waals surface area contributed by atoms with E-state index < -0.39 is 11.9 Å². The van der Waals surface area contributed by atoms with Crippen molar-refractivity contribution in [3.05, 3.63) is 30.1 Å². The Kier molecular flexibility index (Phi) is 4.98. The topological polar surface area (TPSA) is 65.5 Å². The number of pyridine rings is 1. The number of ether oxygens (including phenoxy) is 2. The first-order chi connectivity index (χ1) is 7.72. The molecule has 16 heavy (non-hydrogen) atoms. The van der Waals surface area contributed by atoms with E-state index in [2.05, 4.69) is 9.72 Å². The summed E-state index contributed by atoms with van der Waals surface area (Å²) in [6.07, 6.45) is 3.30. The quantitative estimate of drug-likeness (QED) is 0.688. The second kappa shape index (κ2) is 6.55. The molecule has 0 atom stereocenters. The molecule has 0 aliphatic rings. The van der Waals surface area contributed by atoms with Crippen LogP contribution in [0.4, 0.5) is 0 Å². The van der Waals surface area contributed by atoms with Crippen LogP contribution in [0.15, 0.2) is 24.5 Å². The molecule has 0 unspecified atom stereocenters. The van der Waals surface area contributed by atoms with Crippen LogP contribution in [-0.4, -0.2) is 30.1 Å². The first kappa shape index (κ1) is 12.2. The maximum absolute atomic E-state index is 11.3. The van der Waals surface area contributed by atoms with Crippen LogP contribution in [-0.2, 0) is 25.5 Å². The summed E-state index contributed by atoms with van der Waals surface area (Å²) >= 11 is 0. The van der Waals surface area contributed by atoms with Crippen molar-refractivity contribution >= 4 is 11.9 Å². The summed E-state index contributed by atoms with van der Waals surface area (Å²) in [6.45, 7) is 1.63. The van der Waals surface area contributed by atoms with Gasteiger partial charge in [-0.1, -0.05) is 6.07 Å². The fourth-order valence-corrected chi connectivity index (χ4v) is 1.06. The van der Waals surface area contributed by atoms with E-state index in [4.69, 9.17) is 4.74 Å². The van der Waals surface area contributed by atoms with Crippen molar-refractivity contribution in [3.8, 4) is 0 Å². The highest BCUT2D eigenvalue weighted by molar-refractivity contribution is 5.77. The SMILES string of the molecule is CCOC(=O)COC(=O)Cc1cccnc1. The molecule has 0 N–H and O–H groups in total. The molecule has 0 aliphatic carbocycles. The van der Waals surface area contributed by atoms with Crippen LogP contribution in [0.25, 0.3) is 0 Å². The Morgan fingerprint density at radius 1 is 1.31 bits per heavy atom. The van der Waals surface area contributed by atoms with Gasteiger partial charge in [-0.25, -0.2) is 4.79 Å². The Bertz CT molecular complexity index is 350. The van der Waals surface area contributed by atoms with Gasteiger partial charge in [-0.05, 0) is 18.6 Å². The van der Waals surface area contributed by atoms with Crippen molar-refractivity contribution in [2.24, 2.45) is 0 Å². The second-order valence-electron chi connectivity index (χ2n) is 3.00. The third-order valence-corrected chi connectivity index (χ3v) is 1.73. The zero-order chi connectivity index (χ0) is 11.8. The summed E-state index contributed by atoms with van der Waals surface area (Å²) < 4.78 is 9.33. The van der Waals surface area contributed by atoms with Crippen LogP contribution >= 0.6 is 0 Å². The molecule has 5 nitrogen and oxygen atoms in total. The smallest absolute Gasteiger partial charge is 0.344 e. The van der Waals surface area contributed by atoms with Crippen LogP contribution in [0.2, 0.25) is 0 Å². The van der Waals surface area contributed by atoms with E-state index in [1.54, 1.807) is 31.5 Å². The van der Waals surface area contributed by atoms with Crippen molar-refractivity contribution < 1.29 is 19.1 Å². The first-order valence-corrected chi connectivity index (χ1v) is 4.92. The minimum absolute atomic E-state index is 0.104. The lowest BCUT2D eigenvalue weighted by Gasteiger charge is -2.04. The summed E-state index contributed by atoms with van der Waals surface area (Å²) in [5, 5.41) is 0. The zero-order valence-electron chi connectivity index (χ0n) is 9.01. The molecule has 0 amide bonds. The van der Waals surface area contributed by atoms with E-state index in [9.17, 15) is 9.59 Å². The van der Waals surface area contributed by atoms with Crippen LogP contribution < -0.4 is 0 Å². The molecule has 1 rings (SSSR count). The molecule has 5 heteroatoms. The van der Waals surface area contributed by atoms with Crippen molar-refractivity contribution in [1.29, 1.82) is 0 Å². The van der Waals surface area contributed by atoms with Crippen LogP contribution in [0.3, 0.4) is 0 Å². The van der Waals surface area contributed by atoms with Gasteiger partial charge in [0, 0.05) is 12.4 Å². The first-order valence-electron chi connectivity index (χ1n) is 4.92. The highest BCUT2D eigenvalue weighted by Gasteiger charge is 2.08. The molecule has 0 aromatic carbocycles. The monoisotopic (exact) mass is 223 g/mol. The third-order valence-electron chi connectivity index (χ3n) is 1.73. The van der Waals surface area contributed by atoms with Gasteiger partial charge in [-0.15, -0.1) is 0 Å². The molecular weight excluding hydrogens is 210 g/mol. The summed E-state index contributed by atoms with van der Waals surface area (Å²) in [6, 6.07) is 3.49. The molecule has 0 saturated carbocycles. The number of esters is 2. The van der Waals surface area contributed by atoms with E-state index in [0.29, 0.717) is 0 Å². The highest BCUT2D eigenvalue weighted by Crippen LogP contribution is 1.98. The summed E-state index contributed by atoms with van der Waals surface area (Å²) in [4.78, 5) is 26.0. The molecule has 0 aliphatic heterocycles. The number of aromatic nitrogens is 1. The summed E-state index contributed by atoms with van der Waals surface area (Å²) in [7, 11) is 0. The number of hydrogen-bond donors (Lipinski definition) is 0. The second-order valence-corrected chi connectivity index (χ2v) is 3.00. The van der Waals surface area contributed by atoms with E-state index in [-0.39, 0.29) is 19.6 Å². The number of carbonyl (C=O) groups is 2. The maximum atomic E-state index is 11.3. The van der Waals surface area contributed by atoms with Crippen molar-refractivity contribution in [1.82, 2.24) is 4.98 Å². The minimum Gasteiger partial charge on any atom is -0.463 e. The number of carbonyl (C=O) groups excluding carboxylic acids is 2. The summed E-state index contributed by atoms with van der Waals surface area (Å²) in [5.74, 6) is -1.01. The molecule has 1 aromatic heterocycles.